The Balaban J connectivity index is 0. The molecule has 0 rings (SSSR count). The van der Waals surface area contributed by atoms with Gasteiger partial charge in [-0.1, -0.05) is 0 Å². The predicted octanol–water partition coefficient (Wildman–Crippen LogP) is 1.98. The van der Waals surface area contributed by atoms with Gasteiger partial charge in [0.2, 0.25) is 0 Å². The van der Waals surface area contributed by atoms with Gasteiger partial charge in [-0.15, -0.1) is 0 Å². The van der Waals surface area contributed by atoms with E-state index in [1.807, 2.05) is 0 Å². The molecule has 0 aromatic rings. The van der Waals surface area contributed by atoms with Crippen molar-refractivity contribution in [1.29, 1.82) is 0 Å². The third kappa shape index (κ3) is 251. The molecule has 18 heteroatoms. The van der Waals surface area contributed by atoms with Crippen molar-refractivity contribution >= 4 is 239 Å². The number of hydrogen-bond donors (Lipinski definition) is 0. The number of hydrogen-bond acceptors (Lipinski definition) is 0. The molecule has 0 aliphatic rings. The Morgan fingerprint density at radius 1 is 0.111 bits per heavy atom. The molecule has 0 aromatic carbocycles. The lowest BCUT2D eigenvalue weighted by Gasteiger charge is -0.198. The summed E-state index contributed by atoms with van der Waals surface area (Å²) in [6, 6.07) is 0. The van der Waals surface area contributed by atoms with Gasteiger partial charge < -0.3 is 0 Å². The van der Waals surface area contributed by atoms with Crippen LogP contribution in [0, 0.1) is 0 Å². The molecule has 0 aliphatic carbocycles. The van der Waals surface area contributed by atoms with E-state index in [2.05, 4.69) is 0 Å². The van der Waals surface area contributed by atoms with Crippen LogP contribution in [0.5, 0.6) is 0 Å². The highest BCUT2D eigenvalue weighted by Gasteiger charge is -0.153. The maximum Gasteiger partial charge on any atom is -0.153 e. The molecule has 0 aromatic heterocycles. The normalized spacial score (nSPS) is 0. The first-order chi connectivity index (χ1) is 0. The Morgan fingerprint density at radius 2 is 0.111 bits per heavy atom. The van der Waals surface area contributed by atoms with Gasteiger partial charge in [-0.05, 0) is 0 Å². The van der Waals surface area contributed by atoms with Crippen LogP contribution in [0.15, 0.2) is 0 Å². The van der Waals surface area contributed by atoms with Crippen molar-refractivity contribution in [1.82, 2.24) is 0 Å². The second-order valence-corrected chi connectivity index (χ2v) is 0. The number of rotatable bonds is 0. The lowest BCUT2D eigenvalue weighted by molar-refractivity contribution is 6.92. The van der Waals surface area contributed by atoms with Gasteiger partial charge in [-0.3, -0.25) is 0 Å². The summed E-state index contributed by atoms with van der Waals surface area (Å²) in [6.45, 7) is 0. The molecule has 0 bridgehead atoms. The van der Waals surface area contributed by atoms with Gasteiger partial charge in [0.1, 0.15) is 0 Å². The second-order valence-electron chi connectivity index (χ2n) is 0. The van der Waals surface area contributed by atoms with Crippen LogP contribution < -0.4 is 0 Å². The lowest BCUT2D eigenvalue weighted by atomic mass is 31.0. The summed E-state index contributed by atoms with van der Waals surface area (Å²) in [5.74, 6) is 0. The van der Waals surface area contributed by atoms with Crippen molar-refractivity contribution in [3.05, 3.63) is 0 Å². The van der Waals surface area contributed by atoms with Gasteiger partial charge in [0.05, 0.1) is 0 Å². The average Bonchev–Trinajstić information content (AvgIpc) is 0. The van der Waals surface area contributed by atoms with E-state index in [-0.39, 0.29) is 239 Å². The minimum absolute atomic E-state index is 0. The van der Waals surface area contributed by atoms with Gasteiger partial charge in [-0.2, -0.15) is 239 Å². The van der Waals surface area contributed by atoms with Gasteiger partial charge in [0, 0.05) is 0 Å². The molecule has 1 atom stereocenters. The summed E-state index contributed by atoms with van der Waals surface area (Å²) < 4.78 is 0. The van der Waals surface area contributed by atoms with Crippen LogP contribution in [0.4, 0.5) is 0 Å². The van der Waals surface area contributed by atoms with E-state index < -0.39 is 0 Å². The van der Waals surface area contributed by atoms with Crippen LogP contribution in [-0.2, 0) is 0 Å². The Morgan fingerprint density at radius 3 is 0.111 bits per heavy atom. The third-order valence-electron chi connectivity index (χ3n) is 0. The Kier molecular flexibility index (Phi) is 5230. The molecular formula is H37PS17. The maximum absolute atomic E-state index is 0. The fourth-order valence-electron chi connectivity index (χ4n) is 0. The minimum Gasteiger partial charge on any atom is -0.197 e. The zero-order valence-corrected chi connectivity index (χ0v) is 27.6. The Labute approximate surface area is 235 Å². The summed E-state index contributed by atoms with van der Waals surface area (Å²) in [4.78, 5) is 0. The molecule has 18 heavy (non-hydrogen) atoms. The molecule has 0 spiro atoms. The molecule has 0 N–H and O–H groups in total. The highest BCUT2D eigenvalue weighted by Crippen LogP contribution is 0.861. The van der Waals surface area contributed by atoms with Crippen LogP contribution in [0.2, 0.25) is 0 Å². The summed E-state index contributed by atoms with van der Waals surface area (Å²) in [6.07, 6.45) is 0. The molecule has 0 saturated heterocycles. The van der Waals surface area contributed by atoms with E-state index >= 15 is 0 Å². The molecular weight excluding hydrogens is 576 g/mol. The fourth-order valence-corrected chi connectivity index (χ4v) is 0. The molecule has 1 unspecified atom stereocenters. The van der Waals surface area contributed by atoms with E-state index in [9.17, 15) is 0 Å². The first-order valence-corrected chi connectivity index (χ1v) is 0. The van der Waals surface area contributed by atoms with Gasteiger partial charge in [0.25, 0.3) is 0 Å². The van der Waals surface area contributed by atoms with E-state index in [0.29, 0.717) is 0 Å². The Hall–Kier alpha value is 6.38. The van der Waals surface area contributed by atoms with Crippen LogP contribution in [0.3, 0.4) is 0 Å². The van der Waals surface area contributed by atoms with Gasteiger partial charge in [-0.25, -0.2) is 0 Å². The van der Waals surface area contributed by atoms with E-state index in [4.69, 9.17) is 0 Å². The van der Waals surface area contributed by atoms with Crippen molar-refractivity contribution in [3.63, 3.8) is 0 Å². The van der Waals surface area contributed by atoms with Crippen molar-refractivity contribution < 1.29 is 0 Å². The van der Waals surface area contributed by atoms with Crippen LogP contribution in [-0.4, -0.2) is 0 Å². The molecule has 0 saturated carbocycles. The molecule has 0 amide bonds. The maximum atomic E-state index is 0. The molecule has 0 heterocycles. The van der Waals surface area contributed by atoms with Gasteiger partial charge in [0.15, 0.2) is 0 Å². The largest absolute Gasteiger partial charge is 0.197 e. The SMILES string of the molecule is P.S.S.S.S.S.S.S.S.S.S.S.S.S.S.S.S.S. The molecule has 144 valence electrons. The predicted molar refractivity (Wildman–Crippen MR) is 188 cm³/mol. The molecule has 0 nitrogen and oxygen atoms in total. The van der Waals surface area contributed by atoms with Crippen molar-refractivity contribution in [3.8, 4) is 0 Å². The van der Waals surface area contributed by atoms with E-state index in [1.165, 1.54) is 0 Å². The first kappa shape index (κ1) is 327. The monoisotopic (exact) mass is 612 g/mol. The zero-order valence-electron chi connectivity index (χ0n) is 9.21. The van der Waals surface area contributed by atoms with Crippen LogP contribution in [0.1, 0.15) is 0 Å². The summed E-state index contributed by atoms with van der Waals surface area (Å²) in [5, 5.41) is 0. The van der Waals surface area contributed by atoms with E-state index in [1.54, 1.807) is 0 Å². The second kappa shape index (κ2) is 288. The molecule has 0 radical (unpaired) electrons. The topological polar surface area (TPSA) is 0 Å². The standard InChI is InChI=1S/H3P.17H2S/h1H3;17*1H2. The quantitative estimate of drug-likeness (QED) is 0.367. The van der Waals surface area contributed by atoms with Gasteiger partial charge >= 0.3 is 0 Å². The summed E-state index contributed by atoms with van der Waals surface area (Å²) in [7, 11) is 0. The summed E-state index contributed by atoms with van der Waals surface area (Å²) in [5.41, 5.74) is 0. The summed E-state index contributed by atoms with van der Waals surface area (Å²) >= 11 is 0. The zero-order chi connectivity index (χ0) is 0. The van der Waals surface area contributed by atoms with Crippen molar-refractivity contribution in [2.75, 3.05) is 0 Å². The minimum atomic E-state index is 0. The molecule has 0 fully saturated rings. The van der Waals surface area contributed by atoms with Crippen molar-refractivity contribution in [2.24, 2.45) is 0 Å². The highest BCUT2D eigenvalue weighted by atomic mass is 32.1. The average molecular weight is 613 g/mol. The third-order valence-corrected chi connectivity index (χ3v) is 0. The molecule has 0 aliphatic heterocycles. The van der Waals surface area contributed by atoms with E-state index in [0.717, 1.165) is 0 Å². The highest BCUT2D eigenvalue weighted by molar-refractivity contribution is 7.61. The lowest BCUT2D eigenvalue weighted by Crippen LogP contribution is 0.647. The smallest absolute Gasteiger partial charge is 0.153 e. The van der Waals surface area contributed by atoms with Crippen molar-refractivity contribution in [2.45, 2.75) is 0 Å². The van der Waals surface area contributed by atoms with Crippen LogP contribution in [0.25, 0.3) is 0 Å². The fraction of sp³-hybridized carbons (Fsp3) is 0. The Bertz CT molecular complexity index is 5.57. The first-order valence-electron chi connectivity index (χ1n) is 0. The van der Waals surface area contributed by atoms with Crippen LogP contribution >= 0.6 is 239 Å².